The zero-order valence-corrected chi connectivity index (χ0v) is 12.1. The van der Waals surface area contributed by atoms with Crippen LogP contribution in [-0.2, 0) is 6.42 Å². The summed E-state index contributed by atoms with van der Waals surface area (Å²) in [5, 5.41) is 3.58. The molecule has 0 bridgehead atoms. The molecule has 0 spiro atoms. The van der Waals surface area contributed by atoms with Gasteiger partial charge in [0.25, 0.3) is 0 Å². The molecule has 1 fully saturated rings. The lowest BCUT2D eigenvalue weighted by Crippen LogP contribution is -2.45. The summed E-state index contributed by atoms with van der Waals surface area (Å²) >= 11 is 0. The van der Waals surface area contributed by atoms with Crippen LogP contribution in [0.25, 0.3) is 0 Å². The van der Waals surface area contributed by atoms with Gasteiger partial charge in [0.1, 0.15) is 0 Å². The maximum Gasteiger partial charge on any atom is -0.00121 e. The van der Waals surface area contributed by atoms with E-state index in [-0.39, 0.29) is 0 Å². The Morgan fingerprint density at radius 3 is 2.67 bits per heavy atom. The topological polar surface area (TPSA) is 12.0 Å². The predicted octanol–water partition coefficient (Wildman–Crippen LogP) is 3.89. The normalized spacial score (nSPS) is 28.6. The molecule has 1 heteroatoms. The van der Waals surface area contributed by atoms with Crippen LogP contribution in [0.5, 0.6) is 0 Å². The first-order valence-electron chi connectivity index (χ1n) is 7.35. The van der Waals surface area contributed by atoms with Crippen molar-refractivity contribution in [2.24, 2.45) is 17.3 Å². The second-order valence-electron chi connectivity index (χ2n) is 6.59. The highest BCUT2D eigenvalue weighted by Crippen LogP contribution is 2.41. The second-order valence-corrected chi connectivity index (χ2v) is 6.59. The summed E-state index contributed by atoms with van der Waals surface area (Å²) in [6, 6.07) is 11.0. The Morgan fingerprint density at radius 2 is 2.00 bits per heavy atom. The zero-order valence-electron chi connectivity index (χ0n) is 12.1. The third-order valence-electron chi connectivity index (χ3n) is 4.45. The standard InChI is InChI=1S/C17H27N/c1-14(2)12-17(3)9-10-18-13-16(17)11-15-7-5-4-6-8-15/h4-8,14,16,18H,9-13H2,1-3H3. The number of nitrogens with one attached hydrogen (secondary N) is 1. The highest BCUT2D eigenvalue weighted by Gasteiger charge is 2.36. The molecule has 2 atom stereocenters. The molecule has 1 N–H and O–H groups in total. The van der Waals surface area contributed by atoms with E-state index in [4.69, 9.17) is 0 Å². The lowest BCUT2D eigenvalue weighted by Gasteiger charge is -2.43. The maximum absolute atomic E-state index is 3.58. The van der Waals surface area contributed by atoms with Crippen LogP contribution >= 0.6 is 0 Å². The molecule has 100 valence electrons. The van der Waals surface area contributed by atoms with Crippen LogP contribution < -0.4 is 5.32 Å². The first kappa shape index (κ1) is 13.6. The van der Waals surface area contributed by atoms with Gasteiger partial charge in [0.15, 0.2) is 0 Å². The summed E-state index contributed by atoms with van der Waals surface area (Å²) in [6.45, 7) is 9.58. The van der Waals surface area contributed by atoms with Gasteiger partial charge >= 0.3 is 0 Å². The van der Waals surface area contributed by atoms with E-state index >= 15 is 0 Å². The highest BCUT2D eigenvalue weighted by atomic mass is 14.9. The molecule has 2 unspecified atom stereocenters. The van der Waals surface area contributed by atoms with Crippen LogP contribution in [0.15, 0.2) is 30.3 Å². The summed E-state index contributed by atoms with van der Waals surface area (Å²) in [7, 11) is 0. The maximum atomic E-state index is 3.58. The van der Waals surface area contributed by atoms with Crippen LogP contribution in [0, 0.1) is 17.3 Å². The summed E-state index contributed by atoms with van der Waals surface area (Å²) in [6.07, 6.45) is 3.89. The Balaban J connectivity index is 2.08. The molecular formula is C17H27N. The number of piperidine rings is 1. The Bertz CT molecular complexity index is 357. The highest BCUT2D eigenvalue weighted by molar-refractivity contribution is 5.16. The van der Waals surface area contributed by atoms with E-state index in [0.29, 0.717) is 5.41 Å². The van der Waals surface area contributed by atoms with Gasteiger partial charge in [0.05, 0.1) is 0 Å². The SMILES string of the molecule is CC(C)CC1(C)CCNCC1Cc1ccccc1. The van der Waals surface area contributed by atoms with Gasteiger partial charge in [-0.3, -0.25) is 0 Å². The fourth-order valence-electron chi connectivity index (χ4n) is 3.52. The van der Waals surface area contributed by atoms with Crippen LogP contribution in [0.3, 0.4) is 0 Å². The lowest BCUT2D eigenvalue weighted by atomic mass is 9.66. The molecule has 0 radical (unpaired) electrons. The molecule has 0 aromatic heterocycles. The van der Waals surface area contributed by atoms with Gasteiger partial charge < -0.3 is 5.32 Å². The number of benzene rings is 1. The minimum absolute atomic E-state index is 0.509. The van der Waals surface area contributed by atoms with Crippen molar-refractivity contribution in [1.82, 2.24) is 5.32 Å². The van der Waals surface area contributed by atoms with Gasteiger partial charge in [-0.2, -0.15) is 0 Å². The van der Waals surface area contributed by atoms with Gasteiger partial charge in [0.2, 0.25) is 0 Å². The van der Waals surface area contributed by atoms with E-state index in [1.807, 2.05) is 0 Å². The van der Waals surface area contributed by atoms with Crippen molar-refractivity contribution in [3.05, 3.63) is 35.9 Å². The zero-order chi connectivity index (χ0) is 13.0. The average Bonchev–Trinajstić information content (AvgIpc) is 2.32. The Labute approximate surface area is 112 Å². The molecule has 1 aliphatic heterocycles. The molecule has 2 rings (SSSR count). The van der Waals surface area contributed by atoms with Crippen molar-refractivity contribution in [1.29, 1.82) is 0 Å². The van der Waals surface area contributed by atoms with E-state index < -0.39 is 0 Å². The van der Waals surface area contributed by atoms with Gasteiger partial charge in [-0.25, -0.2) is 0 Å². The number of hydrogen-bond acceptors (Lipinski definition) is 1. The minimum Gasteiger partial charge on any atom is -0.316 e. The molecule has 18 heavy (non-hydrogen) atoms. The smallest absolute Gasteiger partial charge is 0.00121 e. The van der Waals surface area contributed by atoms with Crippen molar-refractivity contribution < 1.29 is 0 Å². The van der Waals surface area contributed by atoms with E-state index in [1.54, 1.807) is 0 Å². The Morgan fingerprint density at radius 1 is 1.28 bits per heavy atom. The molecule has 1 nitrogen and oxygen atoms in total. The fourth-order valence-corrected chi connectivity index (χ4v) is 3.52. The first-order chi connectivity index (χ1) is 8.60. The molecule has 0 aliphatic carbocycles. The van der Waals surface area contributed by atoms with Crippen molar-refractivity contribution in [3.8, 4) is 0 Å². The molecule has 1 aliphatic rings. The second kappa shape index (κ2) is 5.88. The van der Waals surface area contributed by atoms with E-state index in [2.05, 4.69) is 56.4 Å². The predicted molar refractivity (Wildman–Crippen MR) is 78.7 cm³/mol. The molecule has 1 heterocycles. The van der Waals surface area contributed by atoms with Crippen LogP contribution in [0.2, 0.25) is 0 Å². The van der Waals surface area contributed by atoms with Gasteiger partial charge in [-0.05, 0) is 55.2 Å². The molecule has 1 aromatic carbocycles. The Kier molecular flexibility index (Phi) is 4.45. The summed E-state index contributed by atoms with van der Waals surface area (Å²) in [5.74, 6) is 1.57. The summed E-state index contributed by atoms with van der Waals surface area (Å²) < 4.78 is 0. The number of hydrogen-bond donors (Lipinski definition) is 1. The average molecular weight is 245 g/mol. The largest absolute Gasteiger partial charge is 0.316 e. The lowest BCUT2D eigenvalue weighted by molar-refractivity contribution is 0.100. The Hall–Kier alpha value is -0.820. The van der Waals surface area contributed by atoms with Gasteiger partial charge in [-0.15, -0.1) is 0 Å². The monoisotopic (exact) mass is 245 g/mol. The third kappa shape index (κ3) is 3.35. The van der Waals surface area contributed by atoms with Crippen molar-refractivity contribution in [2.75, 3.05) is 13.1 Å². The van der Waals surface area contributed by atoms with Crippen molar-refractivity contribution >= 4 is 0 Å². The van der Waals surface area contributed by atoms with E-state index in [9.17, 15) is 0 Å². The summed E-state index contributed by atoms with van der Waals surface area (Å²) in [4.78, 5) is 0. The van der Waals surface area contributed by atoms with Crippen LogP contribution in [-0.4, -0.2) is 13.1 Å². The van der Waals surface area contributed by atoms with Crippen LogP contribution in [0.4, 0.5) is 0 Å². The molecule has 0 amide bonds. The third-order valence-corrected chi connectivity index (χ3v) is 4.45. The van der Waals surface area contributed by atoms with Gasteiger partial charge in [0, 0.05) is 0 Å². The van der Waals surface area contributed by atoms with E-state index in [0.717, 1.165) is 11.8 Å². The summed E-state index contributed by atoms with van der Waals surface area (Å²) in [5.41, 5.74) is 2.00. The fraction of sp³-hybridized carbons (Fsp3) is 0.647. The van der Waals surface area contributed by atoms with Crippen molar-refractivity contribution in [2.45, 2.75) is 40.0 Å². The van der Waals surface area contributed by atoms with Gasteiger partial charge in [-0.1, -0.05) is 51.1 Å². The molecule has 1 saturated heterocycles. The molecular weight excluding hydrogens is 218 g/mol. The van der Waals surface area contributed by atoms with E-state index in [1.165, 1.54) is 37.9 Å². The quantitative estimate of drug-likeness (QED) is 0.848. The first-order valence-corrected chi connectivity index (χ1v) is 7.35. The van der Waals surface area contributed by atoms with Crippen LogP contribution in [0.1, 0.15) is 39.2 Å². The van der Waals surface area contributed by atoms with Crippen molar-refractivity contribution in [3.63, 3.8) is 0 Å². The minimum atomic E-state index is 0.509. The molecule has 1 aromatic rings. The molecule has 0 saturated carbocycles. The number of rotatable bonds is 4.